The molecule has 1 aliphatic rings. The van der Waals surface area contributed by atoms with Crippen molar-refractivity contribution in [3.63, 3.8) is 0 Å². The van der Waals surface area contributed by atoms with Crippen LogP contribution in [0.1, 0.15) is 41.6 Å². The number of nitrogens with one attached hydrogen (secondary N) is 1. The number of carboxylic acid groups (broad SMARTS) is 1. The summed E-state index contributed by atoms with van der Waals surface area (Å²) in [5.41, 5.74) is -0.632. The zero-order valence-electron chi connectivity index (χ0n) is 11.9. The van der Waals surface area contributed by atoms with Crippen molar-refractivity contribution in [1.82, 2.24) is 5.32 Å². The predicted octanol–water partition coefficient (Wildman–Crippen LogP) is 0.602. The van der Waals surface area contributed by atoms with Gasteiger partial charge in [0, 0.05) is 5.56 Å². The van der Waals surface area contributed by atoms with E-state index in [1.807, 2.05) is 0 Å². The number of amides is 1. The van der Waals surface area contributed by atoms with Crippen molar-refractivity contribution in [3.05, 3.63) is 35.4 Å². The predicted molar refractivity (Wildman–Crippen MR) is 79.6 cm³/mol. The van der Waals surface area contributed by atoms with Crippen LogP contribution >= 0.6 is 0 Å². The van der Waals surface area contributed by atoms with Gasteiger partial charge in [-0.25, -0.2) is 18.4 Å². The van der Waals surface area contributed by atoms with Gasteiger partial charge < -0.3 is 10.4 Å². The smallest absolute Gasteiger partial charge is 0.329 e. The minimum atomic E-state index is -3.69. The number of carboxylic acids is 1. The van der Waals surface area contributed by atoms with Crippen LogP contribution in [0.2, 0.25) is 0 Å². The van der Waals surface area contributed by atoms with Crippen LogP contribution in [-0.4, -0.2) is 30.9 Å². The summed E-state index contributed by atoms with van der Waals surface area (Å²) in [5, 5.41) is 16.9. The van der Waals surface area contributed by atoms with E-state index in [1.165, 1.54) is 18.2 Å². The van der Waals surface area contributed by atoms with Crippen LogP contribution in [0.25, 0.3) is 0 Å². The van der Waals surface area contributed by atoms with Gasteiger partial charge in [0.05, 0.1) is 5.75 Å². The maximum absolute atomic E-state index is 12.3. The Balaban J connectivity index is 2.19. The molecule has 1 saturated carbocycles. The van der Waals surface area contributed by atoms with Crippen LogP contribution in [0.4, 0.5) is 0 Å². The van der Waals surface area contributed by atoms with Crippen molar-refractivity contribution in [2.75, 3.05) is 0 Å². The van der Waals surface area contributed by atoms with Crippen LogP contribution in [0, 0.1) is 0 Å². The molecular weight excluding hydrogens is 308 g/mol. The SMILES string of the molecule is NS(=O)(=O)Cc1cccc(C(=O)NC2(C(=O)O)CCCC2)c1. The lowest BCUT2D eigenvalue weighted by atomic mass is 9.97. The first-order chi connectivity index (χ1) is 10.2. The number of carbonyl (C=O) groups is 2. The summed E-state index contributed by atoms with van der Waals surface area (Å²) < 4.78 is 22.2. The lowest BCUT2D eigenvalue weighted by molar-refractivity contribution is -0.144. The van der Waals surface area contributed by atoms with Gasteiger partial charge >= 0.3 is 5.97 Å². The third-order valence-corrected chi connectivity index (χ3v) is 4.51. The Morgan fingerprint density at radius 3 is 2.45 bits per heavy atom. The van der Waals surface area contributed by atoms with Crippen LogP contribution in [0.3, 0.4) is 0 Å². The Kier molecular flexibility index (Phi) is 4.52. The number of benzene rings is 1. The van der Waals surface area contributed by atoms with E-state index in [0.717, 1.165) is 12.8 Å². The zero-order chi connectivity index (χ0) is 16.4. The minimum Gasteiger partial charge on any atom is -0.480 e. The summed E-state index contributed by atoms with van der Waals surface area (Å²) in [7, 11) is -3.69. The van der Waals surface area contributed by atoms with Gasteiger partial charge in [0.15, 0.2) is 0 Å². The second-order valence-corrected chi connectivity index (χ2v) is 7.17. The molecule has 4 N–H and O–H groups in total. The Bertz CT molecular complexity index is 693. The molecule has 0 bridgehead atoms. The van der Waals surface area contributed by atoms with Gasteiger partial charge in [-0.2, -0.15) is 0 Å². The molecule has 0 radical (unpaired) electrons. The molecule has 1 aromatic carbocycles. The number of sulfonamides is 1. The van der Waals surface area contributed by atoms with Crippen LogP contribution in [0.5, 0.6) is 0 Å². The third kappa shape index (κ3) is 3.83. The largest absolute Gasteiger partial charge is 0.480 e. The number of carbonyl (C=O) groups excluding carboxylic acids is 1. The second kappa shape index (κ2) is 6.05. The standard InChI is InChI=1S/C14H18N2O5S/c15-22(20,21)9-10-4-3-5-11(8-10)12(17)16-14(13(18)19)6-1-2-7-14/h3-5,8H,1-2,6-7,9H2,(H,16,17)(H,18,19)(H2,15,20,21). The number of aliphatic carboxylic acids is 1. The van der Waals surface area contributed by atoms with Gasteiger partial charge in [0.1, 0.15) is 5.54 Å². The Morgan fingerprint density at radius 1 is 1.27 bits per heavy atom. The summed E-state index contributed by atoms with van der Waals surface area (Å²) >= 11 is 0. The molecule has 2 rings (SSSR count). The summed E-state index contributed by atoms with van der Waals surface area (Å²) in [6, 6.07) is 6.00. The van der Waals surface area contributed by atoms with E-state index in [-0.39, 0.29) is 11.3 Å². The molecule has 22 heavy (non-hydrogen) atoms. The molecular formula is C14H18N2O5S. The fraction of sp³-hybridized carbons (Fsp3) is 0.429. The molecule has 0 heterocycles. The van der Waals surface area contributed by atoms with Crippen molar-refractivity contribution in [3.8, 4) is 0 Å². The second-order valence-electron chi connectivity index (χ2n) is 5.56. The monoisotopic (exact) mass is 326 g/mol. The van der Waals surface area contributed by atoms with Crippen molar-refractivity contribution in [1.29, 1.82) is 0 Å². The summed E-state index contributed by atoms with van der Waals surface area (Å²) in [4.78, 5) is 23.7. The first-order valence-electron chi connectivity index (χ1n) is 6.87. The lowest BCUT2D eigenvalue weighted by Crippen LogP contribution is -2.52. The Labute approximate surface area is 128 Å². The molecule has 7 nitrogen and oxygen atoms in total. The molecule has 0 saturated heterocycles. The third-order valence-electron chi connectivity index (χ3n) is 3.78. The highest BCUT2D eigenvalue weighted by molar-refractivity contribution is 7.88. The lowest BCUT2D eigenvalue weighted by Gasteiger charge is -2.25. The molecule has 0 atom stereocenters. The highest BCUT2D eigenvalue weighted by Gasteiger charge is 2.42. The molecule has 1 aromatic rings. The van der Waals surface area contributed by atoms with Crippen molar-refractivity contribution < 1.29 is 23.1 Å². The molecule has 1 fully saturated rings. The molecule has 1 amide bonds. The number of hydrogen-bond acceptors (Lipinski definition) is 4. The van der Waals surface area contributed by atoms with E-state index in [2.05, 4.69) is 5.32 Å². The first kappa shape index (κ1) is 16.4. The molecule has 1 aliphatic carbocycles. The van der Waals surface area contributed by atoms with E-state index < -0.39 is 27.4 Å². The molecule has 0 aliphatic heterocycles. The molecule has 120 valence electrons. The van der Waals surface area contributed by atoms with Gasteiger partial charge in [-0.05, 0) is 30.5 Å². The fourth-order valence-corrected chi connectivity index (χ4v) is 3.34. The first-order valence-corrected chi connectivity index (χ1v) is 8.59. The van der Waals surface area contributed by atoms with Crippen LogP contribution in [-0.2, 0) is 20.6 Å². The summed E-state index contributed by atoms with van der Waals surface area (Å²) in [6.07, 6.45) is 2.28. The van der Waals surface area contributed by atoms with Gasteiger partial charge in [0.25, 0.3) is 5.91 Å². The van der Waals surface area contributed by atoms with Gasteiger partial charge in [0.2, 0.25) is 10.0 Å². The number of hydrogen-bond donors (Lipinski definition) is 3. The number of rotatable bonds is 5. The summed E-state index contributed by atoms with van der Waals surface area (Å²) in [6.45, 7) is 0. The van der Waals surface area contributed by atoms with E-state index in [0.29, 0.717) is 18.4 Å². The van der Waals surface area contributed by atoms with Gasteiger partial charge in [-0.1, -0.05) is 25.0 Å². The molecule has 8 heteroatoms. The maximum atomic E-state index is 12.3. The van der Waals surface area contributed by atoms with Crippen LogP contribution < -0.4 is 10.5 Å². The molecule has 0 aromatic heterocycles. The Hall–Kier alpha value is -1.93. The van der Waals surface area contributed by atoms with Gasteiger partial charge in [-0.15, -0.1) is 0 Å². The zero-order valence-corrected chi connectivity index (χ0v) is 12.7. The normalized spacial score (nSPS) is 17.1. The molecule has 0 spiro atoms. The van der Waals surface area contributed by atoms with Crippen molar-refractivity contribution >= 4 is 21.9 Å². The number of primary sulfonamides is 1. The van der Waals surface area contributed by atoms with E-state index >= 15 is 0 Å². The average molecular weight is 326 g/mol. The fourth-order valence-electron chi connectivity index (χ4n) is 2.70. The van der Waals surface area contributed by atoms with Crippen LogP contribution in [0.15, 0.2) is 24.3 Å². The molecule has 0 unspecified atom stereocenters. The highest BCUT2D eigenvalue weighted by Crippen LogP contribution is 2.30. The summed E-state index contributed by atoms with van der Waals surface area (Å²) in [5.74, 6) is -1.95. The van der Waals surface area contributed by atoms with E-state index in [9.17, 15) is 23.1 Å². The van der Waals surface area contributed by atoms with Gasteiger partial charge in [-0.3, -0.25) is 4.79 Å². The highest BCUT2D eigenvalue weighted by atomic mass is 32.2. The number of nitrogens with two attached hydrogens (primary N) is 1. The maximum Gasteiger partial charge on any atom is 0.329 e. The van der Waals surface area contributed by atoms with Crippen molar-refractivity contribution in [2.24, 2.45) is 5.14 Å². The van der Waals surface area contributed by atoms with E-state index in [1.54, 1.807) is 6.07 Å². The quantitative estimate of drug-likeness (QED) is 0.730. The topological polar surface area (TPSA) is 127 Å². The van der Waals surface area contributed by atoms with Crippen molar-refractivity contribution in [2.45, 2.75) is 37.0 Å². The average Bonchev–Trinajstić information content (AvgIpc) is 2.87. The van der Waals surface area contributed by atoms with E-state index in [4.69, 9.17) is 5.14 Å². The minimum absolute atomic E-state index is 0.216. The Morgan fingerprint density at radius 2 is 1.91 bits per heavy atom.